The van der Waals surface area contributed by atoms with Gasteiger partial charge in [0.05, 0.1) is 12.7 Å². The number of rotatable bonds is 4. The molecular formula is C14H16FNO4S. The summed E-state index contributed by atoms with van der Waals surface area (Å²) in [5.74, 6) is -0.754. The van der Waals surface area contributed by atoms with Gasteiger partial charge in [-0.2, -0.15) is 11.8 Å². The number of hydrogen-bond donors (Lipinski definition) is 2. The van der Waals surface area contributed by atoms with Gasteiger partial charge in [0.2, 0.25) is 0 Å². The number of thioether (sulfide) groups is 1. The third-order valence-electron chi connectivity index (χ3n) is 3.51. The van der Waals surface area contributed by atoms with Gasteiger partial charge in [-0.05, 0) is 42.5 Å². The zero-order chi connectivity index (χ0) is 15.5. The summed E-state index contributed by atoms with van der Waals surface area (Å²) in [6, 6.07) is 3.57. The first-order valence-corrected chi connectivity index (χ1v) is 7.61. The summed E-state index contributed by atoms with van der Waals surface area (Å²) in [7, 11) is 1.37. The summed E-state index contributed by atoms with van der Waals surface area (Å²) in [4.78, 5) is 23.9. The molecular weight excluding hydrogens is 297 g/mol. The minimum absolute atomic E-state index is 0.00338. The number of carbonyl (C=O) groups is 2. The van der Waals surface area contributed by atoms with Gasteiger partial charge in [0.1, 0.15) is 17.1 Å². The Labute approximate surface area is 125 Å². The number of carboxylic acids is 1. The van der Waals surface area contributed by atoms with Crippen molar-refractivity contribution in [3.05, 3.63) is 29.6 Å². The van der Waals surface area contributed by atoms with E-state index >= 15 is 0 Å². The normalized spacial score (nSPS) is 17.0. The fourth-order valence-corrected chi connectivity index (χ4v) is 3.44. The molecule has 5 nitrogen and oxygen atoms in total. The van der Waals surface area contributed by atoms with Crippen LogP contribution in [-0.4, -0.2) is 41.1 Å². The summed E-state index contributed by atoms with van der Waals surface area (Å²) < 4.78 is 18.3. The highest BCUT2D eigenvalue weighted by atomic mass is 32.2. The molecule has 0 saturated carbocycles. The topological polar surface area (TPSA) is 75.6 Å². The highest BCUT2D eigenvalue weighted by Gasteiger charge is 2.41. The number of ether oxygens (including phenoxy) is 1. The van der Waals surface area contributed by atoms with E-state index in [-0.39, 0.29) is 11.3 Å². The Hall–Kier alpha value is -1.76. The van der Waals surface area contributed by atoms with Gasteiger partial charge in [-0.15, -0.1) is 0 Å². The molecule has 0 atom stereocenters. The van der Waals surface area contributed by atoms with Crippen LogP contribution in [0.5, 0.6) is 5.75 Å². The molecule has 0 spiro atoms. The van der Waals surface area contributed by atoms with Crippen molar-refractivity contribution in [1.82, 2.24) is 5.32 Å². The van der Waals surface area contributed by atoms with Gasteiger partial charge >= 0.3 is 5.97 Å². The predicted octanol–water partition coefficient (Wildman–Crippen LogP) is 1.91. The van der Waals surface area contributed by atoms with Crippen molar-refractivity contribution in [3.63, 3.8) is 0 Å². The summed E-state index contributed by atoms with van der Waals surface area (Å²) >= 11 is 1.65. The maximum atomic E-state index is 13.3. The van der Waals surface area contributed by atoms with Gasteiger partial charge in [-0.3, -0.25) is 4.79 Å². The van der Waals surface area contributed by atoms with Gasteiger partial charge in [-0.25, -0.2) is 9.18 Å². The van der Waals surface area contributed by atoms with Crippen LogP contribution < -0.4 is 10.1 Å². The van der Waals surface area contributed by atoms with Crippen molar-refractivity contribution in [1.29, 1.82) is 0 Å². The molecule has 0 unspecified atom stereocenters. The minimum atomic E-state index is -1.29. The molecule has 0 bridgehead atoms. The first-order chi connectivity index (χ1) is 9.98. The molecule has 1 aliphatic rings. The maximum absolute atomic E-state index is 13.3. The van der Waals surface area contributed by atoms with Crippen LogP contribution >= 0.6 is 11.8 Å². The van der Waals surface area contributed by atoms with E-state index in [1.807, 2.05) is 0 Å². The fraction of sp³-hybridized carbons (Fsp3) is 0.429. The lowest BCUT2D eigenvalue weighted by Gasteiger charge is -2.33. The second kappa shape index (κ2) is 6.34. The quantitative estimate of drug-likeness (QED) is 0.888. The molecule has 1 aromatic rings. The predicted molar refractivity (Wildman–Crippen MR) is 77.3 cm³/mol. The Morgan fingerprint density at radius 2 is 2.05 bits per heavy atom. The SMILES string of the molecule is COc1ccc(F)cc1C(=O)NC1(C(=O)O)CCSCC1. The molecule has 1 heterocycles. The molecule has 2 N–H and O–H groups in total. The van der Waals surface area contributed by atoms with Gasteiger partial charge < -0.3 is 15.2 Å². The largest absolute Gasteiger partial charge is 0.496 e. The molecule has 2 rings (SSSR count). The lowest BCUT2D eigenvalue weighted by atomic mass is 9.91. The van der Waals surface area contributed by atoms with Gasteiger partial charge in [0.25, 0.3) is 5.91 Å². The smallest absolute Gasteiger partial charge is 0.329 e. The number of carbonyl (C=O) groups excluding carboxylic acids is 1. The van der Waals surface area contributed by atoms with E-state index in [2.05, 4.69) is 5.32 Å². The maximum Gasteiger partial charge on any atom is 0.329 e. The second-order valence-electron chi connectivity index (χ2n) is 4.80. The van der Waals surface area contributed by atoms with Crippen LogP contribution in [0.15, 0.2) is 18.2 Å². The standard InChI is InChI=1S/C14H16FNO4S/c1-20-11-3-2-9(15)8-10(11)12(17)16-14(13(18)19)4-6-21-7-5-14/h2-3,8H,4-7H2,1H3,(H,16,17)(H,18,19). The van der Waals surface area contributed by atoms with E-state index in [0.717, 1.165) is 6.07 Å². The van der Waals surface area contributed by atoms with Crippen LogP contribution in [0.2, 0.25) is 0 Å². The summed E-state index contributed by atoms with van der Waals surface area (Å²) in [5.41, 5.74) is -1.30. The third-order valence-corrected chi connectivity index (χ3v) is 4.50. The zero-order valence-electron chi connectivity index (χ0n) is 11.5. The van der Waals surface area contributed by atoms with E-state index in [4.69, 9.17) is 4.74 Å². The van der Waals surface area contributed by atoms with Crippen LogP contribution in [-0.2, 0) is 4.79 Å². The second-order valence-corrected chi connectivity index (χ2v) is 6.02. The number of methoxy groups -OCH3 is 1. The molecule has 0 aromatic heterocycles. The Bertz CT molecular complexity index is 558. The number of hydrogen-bond acceptors (Lipinski definition) is 4. The monoisotopic (exact) mass is 313 g/mol. The molecule has 1 aromatic carbocycles. The van der Waals surface area contributed by atoms with E-state index in [1.54, 1.807) is 11.8 Å². The van der Waals surface area contributed by atoms with Crippen LogP contribution in [0, 0.1) is 5.82 Å². The Balaban J connectivity index is 2.27. The molecule has 1 fully saturated rings. The molecule has 1 saturated heterocycles. The van der Waals surface area contributed by atoms with Crippen LogP contribution in [0.1, 0.15) is 23.2 Å². The molecule has 1 amide bonds. The van der Waals surface area contributed by atoms with Gasteiger partial charge in [0, 0.05) is 0 Å². The Kier molecular flexibility index (Phi) is 4.72. The third kappa shape index (κ3) is 3.29. The number of carboxylic acid groups (broad SMARTS) is 1. The van der Waals surface area contributed by atoms with E-state index in [1.165, 1.54) is 19.2 Å². The van der Waals surface area contributed by atoms with E-state index < -0.39 is 23.2 Å². The van der Waals surface area contributed by atoms with Crippen LogP contribution in [0.4, 0.5) is 4.39 Å². The van der Waals surface area contributed by atoms with Crippen molar-refractivity contribution < 1.29 is 23.8 Å². The lowest BCUT2D eigenvalue weighted by molar-refractivity contribution is -0.144. The first-order valence-electron chi connectivity index (χ1n) is 6.46. The first kappa shape index (κ1) is 15.6. The molecule has 0 radical (unpaired) electrons. The summed E-state index contributed by atoms with van der Waals surface area (Å²) in [5, 5.41) is 12.0. The fourth-order valence-electron chi connectivity index (χ4n) is 2.25. The number of benzene rings is 1. The highest BCUT2D eigenvalue weighted by Crippen LogP contribution is 2.29. The molecule has 0 aliphatic carbocycles. The van der Waals surface area contributed by atoms with Crippen molar-refractivity contribution in [3.8, 4) is 5.75 Å². The van der Waals surface area contributed by atoms with Gasteiger partial charge in [-0.1, -0.05) is 0 Å². The Morgan fingerprint density at radius 3 is 2.62 bits per heavy atom. The van der Waals surface area contributed by atoms with Crippen LogP contribution in [0.25, 0.3) is 0 Å². The lowest BCUT2D eigenvalue weighted by Crippen LogP contribution is -2.56. The summed E-state index contributed by atoms with van der Waals surface area (Å²) in [6.45, 7) is 0. The van der Waals surface area contributed by atoms with Crippen LogP contribution in [0.3, 0.4) is 0 Å². The van der Waals surface area contributed by atoms with Crippen molar-refractivity contribution in [2.75, 3.05) is 18.6 Å². The number of aliphatic carboxylic acids is 1. The average molecular weight is 313 g/mol. The van der Waals surface area contributed by atoms with Crippen molar-refractivity contribution >= 4 is 23.6 Å². The molecule has 21 heavy (non-hydrogen) atoms. The molecule has 7 heteroatoms. The zero-order valence-corrected chi connectivity index (χ0v) is 12.3. The average Bonchev–Trinajstić information content (AvgIpc) is 2.48. The van der Waals surface area contributed by atoms with Crippen molar-refractivity contribution in [2.45, 2.75) is 18.4 Å². The highest BCUT2D eigenvalue weighted by molar-refractivity contribution is 7.99. The van der Waals surface area contributed by atoms with E-state index in [0.29, 0.717) is 24.3 Å². The molecule has 1 aliphatic heterocycles. The van der Waals surface area contributed by atoms with E-state index in [9.17, 15) is 19.1 Å². The number of amides is 1. The van der Waals surface area contributed by atoms with Crippen molar-refractivity contribution in [2.24, 2.45) is 0 Å². The number of nitrogens with one attached hydrogen (secondary N) is 1. The Morgan fingerprint density at radius 1 is 1.38 bits per heavy atom. The summed E-state index contributed by atoms with van der Waals surface area (Å²) in [6.07, 6.45) is 0.687. The molecule has 114 valence electrons. The minimum Gasteiger partial charge on any atom is -0.496 e. The number of halogens is 1. The van der Waals surface area contributed by atoms with Gasteiger partial charge in [0.15, 0.2) is 0 Å².